The first kappa shape index (κ1) is 20.8. The third kappa shape index (κ3) is 4.92. The number of ether oxygens (including phenoxy) is 1. The van der Waals surface area contributed by atoms with Crippen LogP contribution in [0.3, 0.4) is 0 Å². The topological polar surface area (TPSA) is 42.4 Å². The summed E-state index contributed by atoms with van der Waals surface area (Å²) >= 11 is 5.99. The van der Waals surface area contributed by atoms with E-state index in [2.05, 4.69) is 31.2 Å². The van der Waals surface area contributed by atoms with Crippen molar-refractivity contribution in [2.75, 3.05) is 20.2 Å². The molecule has 0 atom stereocenters. The number of hydrogen-bond acceptors (Lipinski definition) is 3. The number of carbonyl (C=O) groups is 1. The summed E-state index contributed by atoms with van der Waals surface area (Å²) in [6.07, 6.45) is 2.73. The van der Waals surface area contributed by atoms with E-state index in [1.165, 1.54) is 11.1 Å². The molecule has 1 fully saturated rings. The predicted octanol–water partition coefficient (Wildman–Crippen LogP) is 4.77. The monoisotopic (exact) mass is 400 g/mol. The Morgan fingerprint density at radius 1 is 1.18 bits per heavy atom. The highest BCUT2D eigenvalue weighted by Crippen LogP contribution is 2.29. The minimum atomic E-state index is -0.764. The van der Waals surface area contributed by atoms with Gasteiger partial charge in [-0.05, 0) is 75.4 Å². The molecule has 150 valence electrons. The van der Waals surface area contributed by atoms with Crippen molar-refractivity contribution in [3.63, 3.8) is 0 Å². The van der Waals surface area contributed by atoms with Gasteiger partial charge in [-0.1, -0.05) is 23.7 Å². The smallest absolute Gasteiger partial charge is 0.254 e. The van der Waals surface area contributed by atoms with Crippen LogP contribution in [0.25, 0.3) is 0 Å². The second-order valence-corrected chi connectivity index (χ2v) is 8.56. The molecule has 5 heteroatoms. The molecule has 2 heterocycles. The van der Waals surface area contributed by atoms with Gasteiger partial charge in [0, 0.05) is 42.5 Å². The Balaban J connectivity index is 1.68. The zero-order valence-electron chi connectivity index (χ0n) is 17.2. The fourth-order valence-electron chi connectivity index (χ4n) is 3.76. The molecule has 0 unspecified atom stereocenters. The molecule has 0 spiro atoms. The van der Waals surface area contributed by atoms with Gasteiger partial charge in [-0.15, -0.1) is 0 Å². The summed E-state index contributed by atoms with van der Waals surface area (Å²) < 4.78 is 5.35. The van der Waals surface area contributed by atoms with Crippen molar-refractivity contribution in [1.82, 2.24) is 9.88 Å². The summed E-state index contributed by atoms with van der Waals surface area (Å²) in [5.74, 6) is 0.452. The summed E-state index contributed by atoms with van der Waals surface area (Å²) in [5.41, 5.74) is 3.93. The summed E-state index contributed by atoms with van der Waals surface area (Å²) in [4.78, 5) is 19.3. The van der Waals surface area contributed by atoms with Crippen LogP contribution in [0, 0.1) is 6.92 Å². The Morgan fingerprint density at radius 2 is 1.82 bits per heavy atom. The van der Waals surface area contributed by atoms with Crippen LogP contribution in [0.5, 0.6) is 0 Å². The van der Waals surface area contributed by atoms with E-state index in [0.29, 0.717) is 5.92 Å². The summed E-state index contributed by atoms with van der Waals surface area (Å²) in [6.45, 7) is 7.20. The van der Waals surface area contributed by atoms with Gasteiger partial charge >= 0.3 is 0 Å². The quantitative estimate of drug-likeness (QED) is 0.726. The average molecular weight is 401 g/mol. The number of piperidine rings is 1. The molecule has 1 aromatic heterocycles. The van der Waals surface area contributed by atoms with Crippen LogP contribution >= 0.6 is 11.6 Å². The first-order valence-corrected chi connectivity index (χ1v) is 10.2. The lowest BCUT2D eigenvalue weighted by Crippen LogP contribution is -2.49. The Bertz CT molecular complexity index is 825. The zero-order chi connectivity index (χ0) is 20.3. The Labute approximate surface area is 172 Å². The largest absolute Gasteiger partial charge is 0.369 e. The third-order valence-corrected chi connectivity index (χ3v) is 5.83. The second-order valence-electron chi connectivity index (χ2n) is 8.13. The zero-order valence-corrected chi connectivity index (χ0v) is 17.9. The fourth-order valence-corrected chi connectivity index (χ4v) is 3.89. The van der Waals surface area contributed by atoms with E-state index in [1.807, 2.05) is 30.9 Å². The maximum atomic E-state index is 12.6. The van der Waals surface area contributed by atoms with Gasteiger partial charge in [0.25, 0.3) is 5.91 Å². The highest BCUT2D eigenvalue weighted by Gasteiger charge is 2.34. The number of rotatable bonds is 5. The van der Waals surface area contributed by atoms with Crippen molar-refractivity contribution in [2.24, 2.45) is 0 Å². The molecule has 2 aromatic rings. The third-order valence-electron chi connectivity index (χ3n) is 5.58. The number of methoxy groups -OCH3 is 1. The molecule has 4 nitrogen and oxygen atoms in total. The second kappa shape index (κ2) is 8.62. The van der Waals surface area contributed by atoms with Crippen LogP contribution in [0.15, 0.2) is 36.4 Å². The first-order valence-electron chi connectivity index (χ1n) is 9.85. The van der Waals surface area contributed by atoms with E-state index in [0.717, 1.165) is 48.8 Å². The molecule has 3 rings (SSSR count). The van der Waals surface area contributed by atoms with Crippen molar-refractivity contribution < 1.29 is 9.53 Å². The van der Waals surface area contributed by atoms with Crippen LogP contribution in [-0.4, -0.2) is 41.6 Å². The van der Waals surface area contributed by atoms with Gasteiger partial charge in [0.05, 0.1) is 0 Å². The number of nitrogens with zero attached hydrogens (tertiary/aromatic N) is 2. The maximum Gasteiger partial charge on any atom is 0.254 e. The molecule has 1 aliphatic heterocycles. The van der Waals surface area contributed by atoms with Crippen LogP contribution in [0.2, 0.25) is 5.02 Å². The number of likely N-dealkylation sites (tertiary alicyclic amines) is 1. The summed E-state index contributed by atoms with van der Waals surface area (Å²) in [6, 6.07) is 12.4. The Morgan fingerprint density at radius 3 is 2.43 bits per heavy atom. The van der Waals surface area contributed by atoms with E-state index in [-0.39, 0.29) is 5.91 Å². The normalized spacial score (nSPS) is 15.7. The minimum absolute atomic E-state index is 0.0640. The molecular weight excluding hydrogens is 372 g/mol. The van der Waals surface area contributed by atoms with Gasteiger partial charge in [0.2, 0.25) is 0 Å². The lowest BCUT2D eigenvalue weighted by molar-refractivity contribution is -0.152. The van der Waals surface area contributed by atoms with Gasteiger partial charge in [-0.25, -0.2) is 0 Å². The number of carbonyl (C=O) groups excluding carboxylic acids is 1. The number of amides is 1. The molecule has 0 saturated carbocycles. The number of halogens is 1. The SMILES string of the molecule is COC(C)(C)C(=O)N1CCC(c2cc(Cc3ccc(Cl)cc3)cc(C)n2)CC1. The molecule has 1 aliphatic rings. The van der Waals surface area contributed by atoms with Crippen LogP contribution in [0.4, 0.5) is 0 Å². The molecule has 0 radical (unpaired) electrons. The number of benzene rings is 1. The number of aromatic nitrogens is 1. The molecular formula is C23H29ClN2O2. The van der Waals surface area contributed by atoms with Crippen LogP contribution < -0.4 is 0 Å². The van der Waals surface area contributed by atoms with Gasteiger partial charge in [0.15, 0.2) is 0 Å². The lowest BCUT2D eigenvalue weighted by Gasteiger charge is -2.36. The Kier molecular flexibility index (Phi) is 6.41. The number of pyridine rings is 1. The highest BCUT2D eigenvalue weighted by molar-refractivity contribution is 6.30. The maximum absolute atomic E-state index is 12.6. The van der Waals surface area contributed by atoms with E-state index >= 15 is 0 Å². The molecule has 28 heavy (non-hydrogen) atoms. The fraction of sp³-hybridized carbons (Fsp3) is 0.478. The van der Waals surface area contributed by atoms with Gasteiger partial charge in [-0.2, -0.15) is 0 Å². The van der Waals surface area contributed by atoms with E-state index in [9.17, 15) is 4.79 Å². The van der Waals surface area contributed by atoms with E-state index in [1.54, 1.807) is 7.11 Å². The van der Waals surface area contributed by atoms with Crippen molar-refractivity contribution >= 4 is 17.5 Å². The predicted molar refractivity (Wildman–Crippen MR) is 113 cm³/mol. The number of aryl methyl sites for hydroxylation is 1. The van der Waals surface area contributed by atoms with Gasteiger partial charge in [0.1, 0.15) is 5.60 Å². The average Bonchev–Trinajstić information content (AvgIpc) is 2.69. The standard InChI is InChI=1S/C23H29ClN2O2/c1-16-13-18(14-17-5-7-20(24)8-6-17)15-21(25-16)19-9-11-26(12-10-19)22(27)23(2,3)28-4/h5-8,13,15,19H,9-12,14H2,1-4H3. The van der Waals surface area contributed by atoms with Crippen molar-refractivity contribution in [3.05, 3.63) is 63.9 Å². The van der Waals surface area contributed by atoms with Crippen LogP contribution in [0.1, 0.15) is 55.1 Å². The van der Waals surface area contributed by atoms with Crippen molar-refractivity contribution in [3.8, 4) is 0 Å². The van der Waals surface area contributed by atoms with E-state index < -0.39 is 5.60 Å². The summed E-state index contributed by atoms with van der Waals surface area (Å²) in [7, 11) is 1.59. The number of hydrogen-bond donors (Lipinski definition) is 0. The van der Waals surface area contributed by atoms with Crippen molar-refractivity contribution in [1.29, 1.82) is 0 Å². The first-order chi connectivity index (χ1) is 13.3. The Hall–Kier alpha value is -1.91. The lowest BCUT2D eigenvalue weighted by atomic mass is 9.90. The van der Waals surface area contributed by atoms with Crippen molar-refractivity contribution in [2.45, 2.75) is 51.6 Å². The molecule has 1 amide bonds. The molecule has 0 N–H and O–H groups in total. The summed E-state index contributed by atoms with van der Waals surface area (Å²) in [5, 5.41) is 0.758. The minimum Gasteiger partial charge on any atom is -0.369 e. The molecule has 1 aromatic carbocycles. The van der Waals surface area contributed by atoms with Gasteiger partial charge < -0.3 is 9.64 Å². The van der Waals surface area contributed by atoms with Gasteiger partial charge in [-0.3, -0.25) is 9.78 Å². The van der Waals surface area contributed by atoms with E-state index in [4.69, 9.17) is 21.3 Å². The highest BCUT2D eigenvalue weighted by atomic mass is 35.5. The molecule has 0 aliphatic carbocycles. The van der Waals surface area contributed by atoms with Crippen LogP contribution in [-0.2, 0) is 16.0 Å². The molecule has 1 saturated heterocycles. The molecule has 0 bridgehead atoms.